The Kier molecular flexibility index (Phi) is 22.2. The number of aliphatic hydroxyl groups is 5. The predicted octanol–water partition coefficient (Wildman–Crippen LogP) is 2.77. The molecule has 8 heteroatoms. The van der Waals surface area contributed by atoms with Gasteiger partial charge in [-0.25, -0.2) is 0 Å². The van der Waals surface area contributed by atoms with Crippen molar-refractivity contribution in [3.8, 4) is 0 Å². The molecule has 4 atom stereocenters. The van der Waals surface area contributed by atoms with Crippen molar-refractivity contribution in [1.82, 2.24) is 4.90 Å². The molecule has 34 heavy (non-hydrogen) atoms. The van der Waals surface area contributed by atoms with Gasteiger partial charge >= 0.3 is 0 Å². The van der Waals surface area contributed by atoms with Crippen LogP contribution in [0, 0.1) is 0 Å². The van der Waals surface area contributed by atoms with E-state index in [0.717, 1.165) is 19.3 Å². The van der Waals surface area contributed by atoms with Gasteiger partial charge in [0.05, 0.1) is 6.61 Å². The zero-order chi connectivity index (χ0) is 25.6. The lowest BCUT2D eigenvalue weighted by atomic mass is 10.0. The first-order chi connectivity index (χ1) is 16.4. The third kappa shape index (κ3) is 16.8. The highest BCUT2D eigenvalue weighted by atomic mass is 16.5. The molecule has 0 bridgehead atoms. The summed E-state index contributed by atoms with van der Waals surface area (Å²) in [6.07, 6.45) is 10.6. The SMILES string of the molecule is CCCCCCCCCCCCCCCC(=O)N(CCCOC)C[C@H](O)[C@@H](O)[C@H](O)[C@H](O)CO. The molecule has 0 aromatic carbocycles. The van der Waals surface area contributed by atoms with E-state index in [-0.39, 0.29) is 12.5 Å². The number of methoxy groups -OCH3 is 1. The molecule has 0 aliphatic heterocycles. The summed E-state index contributed by atoms with van der Waals surface area (Å²) in [6, 6.07) is 0. The van der Waals surface area contributed by atoms with Crippen LogP contribution in [0.25, 0.3) is 0 Å². The zero-order valence-corrected chi connectivity index (χ0v) is 21.7. The van der Waals surface area contributed by atoms with E-state index < -0.39 is 31.0 Å². The summed E-state index contributed by atoms with van der Waals surface area (Å²) in [7, 11) is 1.57. The number of amides is 1. The van der Waals surface area contributed by atoms with E-state index in [4.69, 9.17) is 9.84 Å². The van der Waals surface area contributed by atoms with Crippen LogP contribution in [0.1, 0.15) is 103 Å². The maximum Gasteiger partial charge on any atom is 0.222 e. The van der Waals surface area contributed by atoms with Crippen molar-refractivity contribution in [2.75, 3.05) is 33.4 Å². The van der Waals surface area contributed by atoms with Crippen LogP contribution in [0.15, 0.2) is 0 Å². The fourth-order valence-electron chi connectivity index (χ4n) is 4.07. The van der Waals surface area contributed by atoms with Crippen LogP contribution in [-0.2, 0) is 9.53 Å². The molecule has 0 fully saturated rings. The Hall–Kier alpha value is -0.770. The molecular formula is C26H53NO7. The Balaban J connectivity index is 4.16. The van der Waals surface area contributed by atoms with Crippen molar-refractivity contribution in [3.63, 3.8) is 0 Å². The minimum atomic E-state index is -1.70. The monoisotopic (exact) mass is 491 g/mol. The summed E-state index contributed by atoms with van der Waals surface area (Å²) >= 11 is 0. The van der Waals surface area contributed by atoms with Crippen LogP contribution in [0.5, 0.6) is 0 Å². The van der Waals surface area contributed by atoms with Crippen LogP contribution >= 0.6 is 0 Å². The van der Waals surface area contributed by atoms with Crippen molar-refractivity contribution in [1.29, 1.82) is 0 Å². The first-order valence-corrected chi connectivity index (χ1v) is 13.5. The van der Waals surface area contributed by atoms with Crippen molar-refractivity contribution < 1.29 is 35.1 Å². The Morgan fingerprint density at radius 2 is 1.21 bits per heavy atom. The fourth-order valence-corrected chi connectivity index (χ4v) is 4.07. The highest BCUT2D eigenvalue weighted by Gasteiger charge is 2.31. The smallest absolute Gasteiger partial charge is 0.222 e. The number of ether oxygens (including phenoxy) is 1. The maximum absolute atomic E-state index is 12.7. The maximum atomic E-state index is 12.7. The lowest BCUT2D eigenvalue weighted by Gasteiger charge is -2.30. The van der Waals surface area contributed by atoms with Crippen molar-refractivity contribution in [2.24, 2.45) is 0 Å². The Morgan fingerprint density at radius 1 is 0.735 bits per heavy atom. The summed E-state index contributed by atoms with van der Waals surface area (Å²) in [5.74, 6) is -0.109. The highest BCUT2D eigenvalue weighted by Crippen LogP contribution is 2.14. The second-order valence-corrected chi connectivity index (χ2v) is 9.48. The molecule has 8 nitrogen and oxygen atoms in total. The molecule has 204 valence electrons. The summed E-state index contributed by atoms with van der Waals surface area (Å²) < 4.78 is 5.04. The second-order valence-electron chi connectivity index (χ2n) is 9.48. The second kappa shape index (κ2) is 22.7. The Morgan fingerprint density at radius 3 is 1.68 bits per heavy atom. The first kappa shape index (κ1) is 33.2. The third-order valence-corrected chi connectivity index (χ3v) is 6.36. The standard InChI is InChI=1S/C26H53NO7/c1-3-4-5-6-7-8-9-10-11-12-13-14-15-17-24(31)27(18-16-19-34-2)20-22(29)25(32)26(33)23(30)21-28/h22-23,25-26,28-30,32-33H,3-21H2,1-2H3/t22-,23+,25+,26+/m0/s1. The number of unbranched alkanes of at least 4 members (excludes halogenated alkanes) is 12. The van der Waals surface area contributed by atoms with E-state index >= 15 is 0 Å². The van der Waals surface area contributed by atoms with Crippen LogP contribution in [0.4, 0.5) is 0 Å². The summed E-state index contributed by atoms with van der Waals surface area (Å²) in [5, 5.41) is 48.5. The number of hydrogen-bond acceptors (Lipinski definition) is 7. The van der Waals surface area contributed by atoms with E-state index in [1.165, 1.54) is 69.1 Å². The Bertz CT molecular complexity index is 466. The average molecular weight is 492 g/mol. The molecule has 0 rings (SSSR count). The molecular weight excluding hydrogens is 438 g/mol. The number of hydrogen-bond donors (Lipinski definition) is 5. The lowest BCUT2D eigenvalue weighted by Crippen LogP contribution is -2.50. The predicted molar refractivity (Wildman–Crippen MR) is 134 cm³/mol. The average Bonchev–Trinajstić information content (AvgIpc) is 2.84. The van der Waals surface area contributed by atoms with Gasteiger partial charge < -0.3 is 35.2 Å². The molecule has 0 saturated heterocycles. The van der Waals surface area contributed by atoms with Gasteiger partial charge in [-0.1, -0.05) is 84.0 Å². The van der Waals surface area contributed by atoms with Crippen molar-refractivity contribution >= 4 is 5.91 Å². The van der Waals surface area contributed by atoms with Crippen LogP contribution in [0.3, 0.4) is 0 Å². The van der Waals surface area contributed by atoms with E-state index in [2.05, 4.69) is 6.92 Å². The lowest BCUT2D eigenvalue weighted by molar-refractivity contribution is -0.140. The van der Waals surface area contributed by atoms with Crippen molar-refractivity contribution in [2.45, 2.75) is 128 Å². The highest BCUT2D eigenvalue weighted by molar-refractivity contribution is 5.76. The van der Waals surface area contributed by atoms with Crippen LogP contribution in [-0.4, -0.2) is 94.2 Å². The topological polar surface area (TPSA) is 131 Å². The number of carbonyl (C=O) groups is 1. The van der Waals surface area contributed by atoms with Gasteiger partial charge in [-0.2, -0.15) is 0 Å². The summed E-state index contributed by atoms with van der Waals surface area (Å²) in [6.45, 7) is 2.18. The van der Waals surface area contributed by atoms with Crippen LogP contribution < -0.4 is 0 Å². The molecule has 0 aromatic heterocycles. The van der Waals surface area contributed by atoms with Gasteiger partial charge in [-0.15, -0.1) is 0 Å². The van der Waals surface area contributed by atoms with Gasteiger partial charge in [-0.3, -0.25) is 4.79 Å². The molecule has 0 radical (unpaired) electrons. The van der Waals surface area contributed by atoms with Gasteiger partial charge in [-0.05, 0) is 12.8 Å². The van der Waals surface area contributed by atoms with Gasteiger partial charge in [0.2, 0.25) is 5.91 Å². The molecule has 0 heterocycles. The zero-order valence-electron chi connectivity index (χ0n) is 21.7. The van der Waals surface area contributed by atoms with E-state index in [9.17, 15) is 25.2 Å². The largest absolute Gasteiger partial charge is 0.394 e. The number of rotatable bonds is 24. The number of nitrogens with zero attached hydrogens (tertiary/aromatic N) is 1. The van der Waals surface area contributed by atoms with Gasteiger partial charge in [0, 0.05) is 33.2 Å². The minimum absolute atomic E-state index is 0.109. The molecule has 5 N–H and O–H groups in total. The molecule has 0 aromatic rings. The van der Waals surface area contributed by atoms with Gasteiger partial charge in [0.25, 0.3) is 0 Å². The minimum Gasteiger partial charge on any atom is -0.394 e. The molecule has 0 aliphatic rings. The third-order valence-electron chi connectivity index (χ3n) is 6.36. The van der Waals surface area contributed by atoms with Crippen LogP contribution in [0.2, 0.25) is 0 Å². The van der Waals surface area contributed by atoms with Crippen molar-refractivity contribution in [3.05, 3.63) is 0 Å². The van der Waals surface area contributed by atoms with Gasteiger partial charge in [0.15, 0.2) is 0 Å². The molecule has 1 amide bonds. The molecule has 0 unspecified atom stereocenters. The fraction of sp³-hybridized carbons (Fsp3) is 0.962. The first-order valence-electron chi connectivity index (χ1n) is 13.5. The number of carbonyl (C=O) groups excluding carboxylic acids is 1. The van der Waals surface area contributed by atoms with E-state index in [0.29, 0.717) is 26.0 Å². The normalized spacial score (nSPS) is 15.1. The molecule has 0 saturated carbocycles. The summed E-state index contributed by atoms with van der Waals surface area (Å²) in [5.41, 5.74) is 0. The van der Waals surface area contributed by atoms with E-state index in [1.54, 1.807) is 7.11 Å². The van der Waals surface area contributed by atoms with Gasteiger partial charge in [0.1, 0.15) is 24.4 Å². The molecule has 0 spiro atoms. The quantitative estimate of drug-likeness (QED) is 0.131. The number of aliphatic hydroxyl groups excluding tert-OH is 5. The van der Waals surface area contributed by atoms with E-state index in [1.807, 2.05) is 0 Å². The molecule has 0 aliphatic carbocycles. The Labute approximate surface area is 207 Å². The summed E-state index contributed by atoms with van der Waals surface area (Å²) in [4.78, 5) is 14.2.